The van der Waals surface area contributed by atoms with Crippen molar-refractivity contribution in [2.24, 2.45) is 0 Å². The summed E-state index contributed by atoms with van der Waals surface area (Å²) in [5.74, 6) is 0.341. The molecule has 0 atom stereocenters. The van der Waals surface area contributed by atoms with Crippen LogP contribution in [0.1, 0.15) is 21.7 Å². The normalized spacial score (nSPS) is 11.6. The molecule has 1 heterocycles. The minimum atomic E-state index is -3.65. The van der Waals surface area contributed by atoms with Crippen molar-refractivity contribution in [3.63, 3.8) is 0 Å². The number of ether oxygens (including phenoxy) is 1. The van der Waals surface area contributed by atoms with Gasteiger partial charge in [-0.3, -0.25) is 0 Å². The molecular formula is C21H24N2O3S2. The summed E-state index contributed by atoms with van der Waals surface area (Å²) in [6, 6.07) is 13.3. The van der Waals surface area contributed by atoms with Crippen LogP contribution in [0.4, 0.5) is 0 Å². The fraction of sp³-hybridized carbons (Fsp3) is 0.286. The first-order chi connectivity index (χ1) is 13.3. The Morgan fingerprint density at radius 3 is 2.54 bits per heavy atom. The standard InChI is InChI=1S/C21H24N2O3S2/c1-14-6-5-7-17(12-14)21-23-16(3)19(27-21)10-11-22-28(24,25)20-13-15(2)8-9-18(20)26-4/h5-9,12-13,22H,10-11H2,1-4H3. The Labute approximate surface area is 170 Å². The average molecular weight is 417 g/mol. The monoisotopic (exact) mass is 416 g/mol. The number of methoxy groups -OCH3 is 1. The van der Waals surface area contributed by atoms with Crippen LogP contribution in [-0.4, -0.2) is 27.1 Å². The third-order valence-corrected chi connectivity index (χ3v) is 7.16. The summed E-state index contributed by atoms with van der Waals surface area (Å²) < 4.78 is 33.3. The van der Waals surface area contributed by atoms with Crippen LogP contribution in [0.3, 0.4) is 0 Å². The molecular weight excluding hydrogens is 392 g/mol. The van der Waals surface area contributed by atoms with E-state index in [0.717, 1.165) is 26.7 Å². The molecule has 2 aromatic carbocycles. The van der Waals surface area contributed by atoms with E-state index in [1.165, 1.54) is 12.7 Å². The minimum Gasteiger partial charge on any atom is -0.495 e. The van der Waals surface area contributed by atoms with Crippen LogP contribution in [-0.2, 0) is 16.4 Å². The van der Waals surface area contributed by atoms with Gasteiger partial charge in [0.2, 0.25) is 10.0 Å². The largest absolute Gasteiger partial charge is 0.495 e. The number of rotatable bonds is 7. The van der Waals surface area contributed by atoms with Crippen molar-refractivity contribution in [2.75, 3.05) is 13.7 Å². The topological polar surface area (TPSA) is 68.3 Å². The van der Waals surface area contributed by atoms with Crippen molar-refractivity contribution >= 4 is 21.4 Å². The second-order valence-electron chi connectivity index (χ2n) is 6.70. The summed E-state index contributed by atoms with van der Waals surface area (Å²) >= 11 is 1.61. The van der Waals surface area contributed by atoms with Crippen LogP contribution in [0.25, 0.3) is 10.6 Å². The van der Waals surface area contributed by atoms with E-state index in [2.05, 4.69) is 28.8 Å². The number of nitrogens with zero attached hydrogens (tertiary/aromatic N) is 1. The maximum absolute atomic E-state index is 12.7. The highest BCUT2D eigenvalue weighted by Crippen LogP contribution is 2.29. The summed E-state index contributed by atoms with van der Waals surface area (Å²) in [5, 5.41) is 0.958. The molecule has 0 saturated heterocycles. The average Bonchev–Trinajstić information content (AvgIpc) is 3.02. The van der Waals surface area contributed by atoms with Gasteiger partial charge in [-0.05, 0) is 51.0 Å². The molecule has 3 rings (SSSR count). The Kier molecular flexibility index (Phi) is 6.17. The maximum atomic E-state index is 12.7. The third kappa shape index (κ3) is 4.60. The number of nitrogens with one attached hydrogen (secondary N) is 1. The number of thiazole rings is 1. The molecule has 3 aromatic rings. The third-order valence-electron chi connectivity index (χ3n) is 4.41. The first-order valence-electron chi connectivity index (χ1n) is 8.98. The highest BCUT2D eigenvalue weighted by molar-refractivity contribution is 7.89. The number of hydrogen-bond acceptors (Lipinski definition) is 5. The lowest BCUT2D eigenvalue weighted by Gasteiger charge is -2.11. The van der Waals surface area contributed by atoms with Gasteiger partial charge < -0.3 is 4.74 Å². The van der Waals surface area contributed by atoms with E-state index in [9.17, 15) is 8.42 Å². The molecule has 148 valence electrons. The molecule has 0 fully saturated rings. The highest BCUT2D eigenvalue weighted by atomic mass is 32.2. The molecule has 1 aromatic heterocycles. The molecule has 0 saturated carbocycles. The number of sulfonamides is 1. The summed E-state index contributed by atoms with van der Waals surface area (Å²) in [5.41, 5.74) is 4.08. The van der Waals surface area contributed by atoms with Crippen LogP contribution in [0, 0.1) is 20.8 Å². The Morgan fingerprint density at radius 1 is 1.07 bits per heavy atom. The second kappa shape index (κ2) is 8.43. The van der Waals surface area contributed by atoms with E-state index in [1.54, 1.807) is 23.5 Å². The fourth-order valence-electron chi connectivity index (χ4n) is 2.93. The smallest absolute Gasteiger partial charge is 0.244 e. The molecule has 0 bridgehead atoms. The van der Waals surface area contributed by atoms with Crippen LogP contribution < -0.4 is 9.46 Å². The van der Waals surface area contributed by atoms with E-state index in [0.29, 0.717) is 18.7 Å². The first kappa shape index (κ1) is 20.5. The van der Waals surface area contributed by atoms with Crippen LogP contribution in [0.2, 0.25) is 0 Å². The molecule has 0 spiro atoms. The van der Waals surface area contributed by atoms with E-state index < -0.39 is 10.0 Å². The lowest BCUT2D eigenvalue weighted by Crippen LogP contribution is -2.26. The zero-order chi connectivity index (χ0) is 20.3. The molecule has 0 unspecified atom stereocenters. The highest BCUT2D eigenvalue weighted by Gasteiger charge is 2.19. The van der Waals surface area contributed by atoms with Gasteiger partial charge in [-0.2, -0.15) is 0 Å². The molecule has 0 radical (unpaired) electrons. The summed E-state index contributed by atoms with van der Waals surface area (Å²) in [4.78, 5) is 5.90. The van der Waals surface area contributed by atoms with Gasteiger partial charge in [-0.15, -0.1) is 11.3 Å². The number of aryl methyl sites for hydroxylation is 3. The first-order valence-corrected chi connectivity index (χ1v) is 11.3. The molecule has 7 heteroatoms. The zero-order valence-corrected chi connectivity index (χ0v) is 18.1. The number of benzene rings is 2. The maximum Gasteiger partial charge on any atom is 0.244 e. The van der Waals surface area contributed by atoms with Gasteiger partial charge in [0.1, 0.15) is 15.7 Å². The van der Waals surface area contributed by atoms with Crippen molar-refractivity contribution in [3.05, 3.63) is 64.2 Å². The molecule has 1 N–H and O–H groups in total. The Balaban J connectivity index is 1.72. The summed E-state index contributed by atoms with van der Waals surface area (Å²) in [7, 11) is -2.18. The van der Waals surface area contributed by atoms with Gasteiger partial charge in [-0.1, -0.05) is 29.8 Å². The predicted octanol–water partition coefficient (Wildman–Crippen LogP) is 4.26. The zero-order valence-electron chi connectivity index (χ0n) is 16.4. The van der Waals surface area contributed by atoms with Crippen molar-refractivity contribution < 1.29 is 13.2 Å². The Morgan fingerprint density at radius 2 is 1.82 bits per heavy atom. The molecule has 0 aliphatic rings. The van der Waals surface area contributed by atoms with Crippen molar-refractivity contribution in [3.8, 4) is 16.3 Å². The van der Waals surface area contributed by atoms with Crippen molar-refractivity contribution in [1.82, 2.24) is 9.71 Å². The predicted molar refractivity (Wildman–Crippen MR) is 114 cm³/mol. The van der Waals surface area contributed by atoms with Gasteiger partial charge in [0, 0.05) is 17.0 Å². The molecule has 0 aliphatic heterocycles. The Bertz CT molecular complexity index is 1090. The molecule has 5 nitrogen and oxygen atoms in total. The van der Waals surface area contributed by atoms with Gasteiger partial charge >= 0.3 is 0 Å². The van der Waals surface area contributed by atoms with Gasteiger partial charge in [-0.25, -0.2) is 18.1 Å². The molecule has 28 heavy (non-hydrogen) atoms. The van der Waals surface area contributed by atoms with E-state index >= 15 is 0 Å². The number of hydrogen-bond donors (Lipinski definition) is 1. The molecule has 0 amide bonds. The van der Waals surface area contributed by atoms with E-state index in [-0.39, 0.29) is 4.90 Å². The Hall–Kier alpha value is -2.22. The van der Waals surface area contributed by atoms with Crippen LogP contribution in [0.5, 0.6) is 5.75 Å². The lowest BCUT2D eigenvalue weighted by molar-refractivity contribution is 0.402. The van der Waals surface area contributed by atoms with Crippen molar-refractivity contribution in [1.29, 1.82) is 0 Å². The van der Waals surface area contributed by atoms with Gasteiger partial charge in [0.05, 0.1) is 12.8 Å². The second-order valence-corrected chi connectivity index (χ2v) is 9.52. The number of aromatic nitrogens is 1. The van der Waals surface area contributed by atoms with Gasteiger partial charge in [0.15, 0.2) is 0 Å². The lowest BCUT2D eigenvalue weighted by atomic mass is 10.1. The van der Waals surface area contributed by atoms with Gasteiger partial charge in [0.25, 0.3) is 0 Å². The summed E-state index contributed by atoms with van der Waals surface area (Å²) in [6.07, 6.45) is 0.586. The fourth-order valence-corrected chi connectivity index (χ4v) is 5.27. The minimum absolute atomic E-state index is 0.163. The SMILES string of the molecule is COc1ccc(C)cc1S(=O)(=O)NCCc1sc(-c2cccc(C)c2)nc1C. The van der Waals surface area contributed by atoms with E-state index in [1.807, 2.05) is 32.0 Å². The van der Waals surface area contributed by atoms with Crippen LogP contribution >= 0.6 is 11.3 Å². The van der Waals surface area contributed by atoms with E-state index in [4.69, 9.17) is 4.74 Å². The summed E-state index contributed by atoms with van der Waals surface area (Å²) in [6.45, 7) is 6.17. The quantitative estimate of drug-likeness (QED) is 0.625. The van der Waals surface area contributed by atoms with Crippen LogP contribution in [0.15, 0.2) is 47.4 Å². The van der Waals surface area contributed by atoms with Crippen molar-refractivity contribution in [2.45, 2.75) is 32.1 Å². The molecule has 0 aliphatic carbocycles.